The summed E-state index contributed by atoms with van der Waals surface area (Å²) in [4.78, 5) is 19.0. The van der Waals surface area contributed by atoms with Crippen molar-refractivity contribution in [2.75, 3.05) is 6.54 Å². The molecule has 112 valence electrons. The Hall–Kier alpha value is -2.25. The van der Waals surface area contributed by atoms with Gasteiger partial charge in [-0.15, -0.1) is 11.3 Å². The second kappa shape index (κ2) is 5.19. The number of hydrogen-bond acceptors (Lipinski definition) is 5. The molecule has 0 saturated carbocycles. The van der Waals surface area contributed by atoms with E-state index in [9.17, 15) is 9.90 Å². The van der Waals surface area contributed by atoms with Gasteiger partial charge in [0.05, 0.1) is 11.8 Å². The van der Waals surface area contributed by atoms with Crippen LogP contribution in [0.15, 0.2) is 23.8 Å². The molecule has 4 heterocycles. The molecule has 7 heteroatoms. The quantitative estimate of drug-likeness (QED) is 0.775. The maximum atomic E-state index is 11.2. The normalized spacial score (nSPS) is 15.1. The highest BCUT2D eigenvalue weighted by Gasteiger charge is 2.23. The largest absolute Gasteiger partial charge is 0.478 e. The Morgan fingerprint density at radius 3 is 3.23 bits per heavy atom. The van der Waals surface area contributed by atoms with Gasteiger partial charge >= 0.3 is 5.97 Å². The third kappa shape index (κ3) is 2.28. The lowest BCUT2D eigenvalue weighted by Crippen LogP contribution is -2.29. The van der Waals surface area contributed by atoms with E-state index in [0.29, 0.717) is 5.56 Å². The number of nitrogens with zero attached hydrogens (tertiary/aromatic N) is 3. The molecule has 3 aromatic heterocycles. The Morgan fingerprint density at radius 2 is 2.36 bits per heavy atom. The summed E-state index contributed by atoms with van der Waals surface area (Å²) in [5.41, 5.74) is 3.43. The summed E-state index contributed by atoms with van der Waals surface area (Å²) in [6.07, 6.45) is 4.44. The maximum absolute atomic E-state index is 11.2. The molecular formula is C15H14N4O2S. The molecule has 6 nitrogen and oxygen atoms in total. The molecular weight excluding hydrogens is 300 g/mol. The van der Waals surface area contributed by atoms with E-state index in [1.165, 1.54) is 4.88 Å². The Morgan fingerprint density at radius 1 is 1.45 bits per heavy atom. The first-order chi connectivity index (χ1) is 10.7. The fraction of sp³-hybridized carbons (Fsp3) is 0.267. The van der Waals surface area contributed by atoms with Crippen LogP contribution in [0.25, 0.3) is 11.0 Å². The van der Waals surface area contributed by atoms with Gasteiger partial charge in [0.15, 0.2) is 5.65 Å². The van der Waals surface area contributed by atoms with E-state index < -0.39 is 5.97 Å². The zero-order valence-electron chi connectivity index (χ0n) is 11.7. The molecule has 0 spiro atoms. The molecule has 0 saturated heterocycles. The number of thiophene rings is 1. The van der Waals surface area contributed by atoms with Crippen LogP contribution in [0.4, 0.5) is 0 Å². The van der Waals surface area contributed by atoms with Gasteiger partial charge in [0.1, 0.15) is 0 Å². The Labute approximate surface area is 130 Å². The number of fused-ring (bicyclic) bond motifs is 2. The molecule has 2 N–H and O–H groups in total. The highest BCUT2D eigenvalue weighted by atomic mass is 32.1. The van der Waals surface area contributed by atoms with Gasteiger partial charge in [0.25, 0.3) is 0 Å². The molecule has 1 aliphatic rings. The standard InChI is InChI=1S/C15H14N4O2S/c20-15(21)12-8-22-13-7-19(2-1-11(12)13)6-9-3-10-5-17-18-14(10)16-4-9/h3-5,8H,1-2,6-7H2,(H,20,21)(H,16,17,18). The number of aromatic carboxylic acids is 1. The second-order valence-electron chi connectivity index (χ2n) is 5.47. The zero-order valence-corrected chi connectivity index (χ0v) is 12.6. The zero-order chi connectivity index (χ0) is 15.1. The number of carbonyl (C=O) groups is 1. The van der Waals surface area contributed by atoms with E-state index in [1.54, 1.807) is 22.9 Å². The van der Waals surface area contributed by atoms with Gasteiger partial charge in [0, 0.05) is 41.5 Å². The predicted octanol–water partition coefficient (Wildman–Crippen LogP) is 2.28. The molecule has 0 aliphatic carbocycles. The molecule has 4 rings (SSSR count). The number of hydrogen-bond donors (Lipinski definition) is 2. The number of aromatic nitrogens is 3. The summed E-state index contributed by atoms with van der Waals surface area (Å²) in [5.74, 6) is -0.819. The van der Waals surface area contributed by atoms with Crippen LogP contribution in [0.2, 0.25) is 0 Å². The summed E-state index contributed by atoms with van der Waals surface area (Å²) in [6.45, 7) is 2.48. The second-order valence-corrected chi connectivity index (χ2v) is 6.43. The lowest BCUT2D eigenvalue weighted by Gasteiger charge is -2.27. The van der Waals surface area contributed by atoms with Crippen molar-refractivity contribution in [1.82, 2.24) is 20.1 Å². The van der Waals surface area contributed by atoms with E-state index in [0.717, 1.165) is 48.2 Å². The third-order valence-corrected chi connectivity index (χ3v) is 5.02. The Balaban J connectivity index is 1.53. The smallest absolute Gasteiger partial charge is 0.336 e. The van der Waals surface area contributed by atoms with Crippen molar-refractivity contribution in [1.29, 1.82) is 0 Å². The fourth-order valence-corrected chi connectivity index (χ4v) is 4.04. The van der Waals surface area contributed by atoms with Crippen LogP contribution in [-0.2, 0) is 19.5 Å². The minimum Gasteiger partial charge on any atom is -0.478 e. The number of carboxylic acids is 1. The van der Waals surface area contributed by atoms with Gasteiger partial charge in [-0.05, 0) is 23.6 Å². The van der Waals surface area contributed by atoms with E-state index >= 15 is 0 Å². The highest BCUT2D eigenvalue weighted by Crippen LogP contribution is 2.29. The van der Waals surface area contributed by atoms with Gasteiger partial charge < -0.3 is 5.11 Å². The van der Waals surface area contributed by atoms with Gasteiger partial charge in [0.2, 0.25) is 0 Å². The van der Waals surface area contributed by atoms with Crippen LogP contribution < -0.4 is 0 Å². The van der Waals surface area contributed by atoms with Crippen molar-refractivity contribution >= 4 is 28.3 Å². The lowest BCUT2D eigenvalue weighted by atomic mass is 10.0. The molecule has 3 aromatic rings. The first kappa shape index (κ1) is 13.4. The average Bonchev–Trinajstić information content (AvgIpc) is 3.12. The van der Waals surface area contributed by atoms with Crippen LogP contribution in [0.1, 0.15) is 26.4 Å². The molecule has 0 radical (unpaired) electrons. The average molecular weight is 314 g/mol. The minimum absolute atomic E-state index is 0.473. The van der Waals surface area contributed by atoms with Crippen LogP contribution in [0.3, 0.4) is 0 Å². The molecule has 0 bridgehead atoms. The third-order valence-electron chi connectivity index (χ3n) is 4.01. The summed E-state index contributed by atoms with van der Waals surface area (Å²) in [6, 6.07) is 2.10. The Bertz CT molecular complexity index is 854. The summed E-state index contributed by atoms with van der Waals surface area (Å²) in [5, 5.41) is 18.8. The van der Waals surface area contributed by atoms with Crippen molar-refractivity contribution in [2.45, 2.75) is 19.5 Å². The molecule has 0 atom stereocenters. The summed E-state index contributed by atoms with van der Waals surface area (Å²) >= 11 is 1.55. The number of carboxylic acid groups (broad SMARTS) is 1. The highest BCUT2D eigenvalue weighted by molar-refractivity contribution is 7.10. The summed E-state index contributed by atoms with van der Waals surface area (Å²) < 4.78 is 0. The van der Waals surface area contributed by atoms with Crippen LogP contribution >= 0.6 is 11.3 Å². The number of pyridine rings is 1. The number of aromatic amines is 1. The van der Waals surface area contributed by atoms with E-state index in [4.69, 9.17) is 0 Å². The van der Waals surface area contributed by atoms with E-state index in [1.807, 2.05) is 6.20 Å². The molecule has 0 aromatic carbocycles. The van der Waals surface area contributed by atoms with Gasteiger partial charge in [-0.3, -0.25) is 10.00 Å². The Kier molecular flexibility index (Phi) is 3.16. The first-order valence-corrected chi connectivity index (χ1v) is 7.91. The van der Waals surface area contributed by atoms with Crippen LogP contribution in [0, 0.1) is 0 Å². The first-order valence-electron chi connectivity index (χ1n) is 7.03. The van der Waals surface area contributed by atoms with Gasteiger partial charge in [-0.1, -0.05) is 0 Å². The van der Waals surface area contributed by atoms with Crippen molar-refractivity contribution in [3.63, 3.8) is 0 Å². The van der Waals surface area contributed by atoms with Gasteiger partial charge in [-0.2, -0.15) is 5.10 Å². The lowest BCUT2D eigenvalue weighted by molar-refractivity contribution is 0.0695. The van der Waals surface area contributed by atoms with E-state index in [2.05, 4.69) is 26.1 Å². The maximum Gasteiger partial charge on any atom is 0.336 e. The molecule has 0 fully saturated rings. The molecule has 1 aliphatic heterocycles. The number of rotatable bonds is 3. The van der Waals surface area contributed by atoms with Crippen LogP contribution in [0.5, 0.6) is 0 Å². The summed E-state index contributed by atoms with van der Waals surface area (Å²) in [7, 11) is 0. The minimum atomic E-state index is -0.819. The monoisotopic (exact) mass is 314 g/mol. The molecule has 22 heavy (non-hydrogen) atoms. The number of H-pyrrole nitrogens is 1. The topological polar surface area (TPSA) is 82.1 Å². The SMILES string of the molecule is O=C(O)c1csc2c1CCN(Cc1cnc3[nH]ncc3c1)C2. The van der Waals surface area contributed by atoms with E-state index in [-0.39, 0.29) is 0 Å². The molecule has 0 unspecified atom stereocenters. The number of nitrogens with one attached hydrogen (secondary N) is 1. The van der Waals surface area contributed by atoms with Crippen molar-refractivity contribution in [3.8, 4) is 0 Å². The van der Waals surface area contributed by atoms with Crippen molar-refractivity contribution in [2.24, 2.45) is 0 Å². The predicted molar refractivity (Wildman–Crippen MR) is 83.0 cm³/mol. The molecule has 0 amide bonds. The van der Waals surface area contributed by atoms with Gasteiger partial charge in [-0.25, -0.2) is 9.78 Å². The van der Waals surface area contributed by atoms with Crippen molar-refractivity contribution < 1.29 is 9.90 Å². The van der Waals surface area contributed by atoms with Crippen molar-refractivity contribution in [3.05, 3.63) is 45.4 Å². The van der Waals surface area contributed by atoms with Crippen LogP contribution in [-0.4, -0.2) is 37.7 Å². The fourth-order valence-electron chi connectivity index (χ4n) is 2.92.